The highest BCUT2D eigenvalue weighted by atomic mass is 16.7. The first-order valence-corrected chi connectivity index (χ1v) is 12.5. The van der Waals surface area contributed by atoms with E-state index in [0.29, 0.717) is 11.3 Å². The van der Waals surface area contributed by atoms with Crippen molar-refractivity contribution in [3.8, 4) is 0 Å². The minimum Gasteiger partial charge on any atom is -0.465 e. The van der Waals surface area contributed by atoms with Crippen molar-refractivity contribution in [2.24, 2.45) is 4.99 Å². The van der Waals surface area contributed by atoms with E-state index in [0.717, 1.165) is 30.4 Å². The van der Waals surface area contributed by atoms with Crippen LogP contribution in [0.5, 0.6) is 0 Å². The first-order chi connectivity index (χ1) is 17.2. The number of carbonyl (C=O) groups excluding carboxylic acids is 1. The molecule has 1 heterocycles. The van der Waals surface area contributed by atoms with Gasteiger partial charge in [0.2, 0.25) is 0 Å². The summed E-state index contributed by atoms with van der Waals surface area (Å²) in [7, 11) is 1.39. The molecule has 0 radical (unpaired) electrons. The smallest absolute Gasteiger partial charge is 0.368 e. The van der Waals surface area contributed by atoms with E-state index in [1.54, 1.807) is 0 Å². The second-order valence-electron chi connectivity index (χ2n) is 10.6. The molecule has 0 unspecified atom stereocenters. The summed E-state index contributed by atoms with van der Waals surface area (Å²) < 4.78 is 5.42. The molecule has 3 aromatic carbocycles. The van der Waals surface area contributed by atoms with E-state index < -0.39 is 11.7 Å². The fourth-order valence-corrected chi connectivity index (χ4v) is 5.14. The van der Waals surface area contributed by atoms with Gasteiger partial charge in [-0.15, -0.1) is 0 Å². The molecule has 0 aromatic heterocycles. The van der Waals surface area contributed by atoms with Crippen molar-refractivity contribution in [1.29, 1.82) is 0 Å². The predicted molar refractivity (Wildman–Crippen MR) is 144 cm³/mol. The van der Waals surface area contributed by atoms with Gasteiger partial charge in [0.1, 0.15) is 0 Å². The minimum absolute atomic E-state index is 0.315. The second-order valence-corrected chi connectivity index (χ2v) is 10.6. The molecular formula is C31H36N2O3. The first-order valence-electron chi connectivity index (χ1n) is 12.5. The Hall–Kier alpha value is -3.28. The highest BCUT2D eigenvalue weighted by molar-refractivity contribution is 6.13. The van der Waals surface area contributed by atoms with Gasteiger partial charge in [0.15, 0.2) is 0 Å². The van der Waals surface area contributed by atoms with Gasteiger partial charge in [0.05, 0.1) is 12.8 Å². The number of nitrogens with zero attached hydrogens (tertiary/aromatic N) is 2. The molecule has 1 aliphatic heterocycles. The fourth-order valence-electron chi connectivity index (χ4n) is 5.14. The number of hydrogen-bond acceptors (Lipinski definition) is 5. The number of hydroxylamine groups is 2. The van der Waals surface area contributed by atoms with Crippen LogP contribution in [0.25, 0.3) is 0 Å². The normalized spacial score (nSPS) is 18.6. The largest absolute Gasteiger partial charge is 0.465 e. The summed E-state index contributed by atoms with van der Waals surface area (Å²) in [5.74, 6) is -0.574. The SMILES string of the molecule is COC(=O)[C@@](N=C(c1ccccc1)c1ccccc1)(ON1C(C)(C)CCCC1(C)C)c1ccccc1. The van der Waals surface area contributed by atoms with E-state index in [1.165, 1.54) is 7.11 Å². The van der Waals surface area contributed by atoms with E-state index in [1.807, 2.05) is 96.1 Å². The summed E-state index contributed by atoms with van der Waals surface area (Å²) in [5, 5.41) is 1.98. The van der Waals surface area contributed by atoms with Gasteiger partial charge in [-0.1, -0.05) is 91.0 Å². The van der Waals surface area contributed by atoms with Crippen LogP contribution < -0.4 is 0 Å². The predicted octanol–water partition coefficient (Wildman–Crippen LogP) is 6.52. The zero-order valence-electron chi connectivity index (χ0n) is 21.9. The van der Waals surface area contributed by atoms with Crippen LogP contribution in [0.2, 0.25) is 0 Å². The number of piperidine rings is 1. The maximum Gasteiger partial charge on any atom is 0.368 e. The van der Waals surface area contributed by atoms with Crippen LogP contribution in [0.4, 0.5) is 0 Å². The lowest BCUT2D eigenvalue weighted by Crippen LogP contribution is -2.61. The van der Waals surface area contributed by atoms with E-state index in [9.17, 15) is 4.79 Å². The third kappa shape index (κ3) is 5.13. The first kappa shape index (κ1) is 25.8. The number of esters is 1. The van der Waals surface area contributed by atoms with Crippen LogP contribution in [-0.4, -0.2) is 34.9 Å². The molecule has 1 atom stereocenters. The van der Waals surface area contributed by atoms with Gasteiger partial charge >= 0.3 is 11.7 Å². The molecule has 3 aromatic rings. The van der Waals surface area contributed by atoms with E-state index in [4.69, 9.17) is 14.6 Å². The number of benzene rings is 3. The topological polar surface area (TPSA) is 51.1 Å². The Bertz CT molecular complexity index is 1130. The zero-order chi connectivity index (χ0) is 25.8. The maximum atomic E-state index is 13.8. The number of aliphatic imine (C=N–C) groups is 1. The lowest BCUT2D eigenvalue weighted by atomic mass is 9.82. The highest BCUT2D eigenvalue weighted by Gasteiger charge is 2.52. The van der Waals surface area contributed by atoms with Gasteiger partial charge in [0, 0.05) is 27.8 Å². The molecule has 0 N–H and O–H groups in total. The van der Waals surface area contributed by atoms with Gasteiger partial charge in [-0.3, -0.25) is 4.84 Å². The quantitative estimate of drug-likeness (QED) is 0.283. The average molecular weight is 485 g/mol. The number of methoxy groups -OCH3 is 1. The zero-order valence-corrected chi connectivity index (χ0v) is 21.9. The summed E-state index contributed by atoms with van der Waals surface area (Å²) in [6.45, 7) is 8.61. The van der Waals surface area contributed by atoms with E-state index >= 15 is 0 Å². The Morgan fingerprint density at radius 1 is 0.778 bits per heavy atom. The van der Waals surface area contributed by atoms with Gasteiger partial charge < -0.3 is 4.74 Å². The number of carbonyl (C=O) groups is 1. The Kier molecular flexibility index (Phi) is 7.43. The van der Waals surface area contributed by atoms with Gasteiger partial charge in [0.25, 0.3) is 0 Å². The molecule has 0 saturated carbocycles. The van der Waals surface area contributed by atoms with Crippen molar-refractivity contribution in [3.05, 3.63) is 108 Å². The van der Waals surface area contributed by atoms with Crippen LogP contribution in [-0.2, 0) is 20.1 Å². The molecule has 1 saturated heterocycles. The van der Waals surface area contributed by atoms with E-state index in [-0.39, 0.29) is 11.1 Å². The summed E-state index contributed by atoms with van der Waals surface area (Å²) in [4.78, 5) is 25.9. The third-order valence-electron chi connectivity index (χ3n) is 6.89. The maximum absolute atomic E-state index is 13.8. The molecule has 1 fully saturated rings. The van der Waals surface area contributed by atoms with Crippen LogP contribution in [0, 0.1) is 0 Å². The molecule has 5 heteroatoms. The van der Waals surface area contributed by atoms with Crippen molar-refractivity contribution < 1.29 is 14.4 Å². The van der Waals surface area contributed by atoms with Crippen LogP contribution in [0.15, 0.2) is 96.0 Å². The number of ether oxygens (including phenoxy) is 1. The van der Waals surface area contributed by atoms with Crippen molar-refractivity contribution in [2.45, 2.75) is 63.8 Å². The lowest BCUT2D eigenvalue weighted by molar-refractivity contribution is -0.334. The van der Waals surface area contributed by atoms with Gasteiger partial charge in [-0.05, 0) is 47.0 Å². The fraction of sp³-hybridized carbons (Fsp3) is 0.355. The van der Waals surface area contributed by atoms with Crippen LogP contribution in [0.1, 0.15) is 63.6 Å². The van der Waals surface area contributed by atoms with Crippen molar-refractivity contribution in [2.75, 3.05) is 7.11 Å². The molecule has 0 aliphatic carbocycles. The van der Waals surface area contributed by atoms with Crippen molar-refractivity contribution >= 4 is 11.7 Å². The van der Waals surface area contributed by atoms with Crippen LogP contribution >= 0.6 is 0 Å². The standard InChI is InChI=1S/C31H36N2O3/c1-29(2)22-15-23-30(3,4)33(29)36-31(28(34)35-5,26-20-13-8-14-21-26)32-27(24-16-9-6-10-17-24)25-18-11-7-12-19-25/h6-14,16-21H,15,22-23H2,1-5H3/t31-/m0/s1. The monoisotopic (exact) mass is 484 g/mol. The Morgan fingerprint density at radius 3 is 1.67 bits per heavy atom. The highest BCUT2D eigenvalue weighted by Crippen LogP contribution is 2.43. The van der Waals surface area contributed by atoms with Crippen molar-refractivity contribution in [3.63, 3.8) is 0 Å². The summed E-state index contributed by atoms with van der Waals surface area (Å²) in [6, 6.07) is 29.2. The third-order valence-corrected chi connectivity index (χ3v) is 6.89. The molecular weight excluding hydrogens is 448 g/mol. The van der Waals surface area contributed by atoms with Crippen molar-refractivity contribution in [1.82, 2.24) is 5.06 Å². The number of rotatable bonds is 7. The molecule has 0 spiro atoms. The van der Waals surface area contributed by atoms with E-state index in [2.05, 4.69) is 27.7 Å². The summed E-state index contributed by atoms with van der Waals surface area (Å²) >= 11 is 0. The molecule has 188 valence electrons. The molecule has 5 nitrogen and oxygen atoms in total. The Balaban J connectivity index is 2.01. The Labute approximate surface area is 214 Å². The van der Waals surface area contributed by atoms with Gasteiger partial charge in [-0.25, -0.2) is 9.79 Å². The molecule has 4 rings (SSSR count). The molecule has 0 bridgehead atoms. The molecule has 36 heavy (non-hydrogen) atoms. The minimum atomic E-state index is -1.75. The van der Waals surface area contributed by atoms with Gasteiger partial charge in [-0.2, -0.15) is 5.06 Å². The Morgan fingerprint density at radius 2 is 1.22 bits per heavy atom. The average Bonchev–Trinajstić information content (AvgIpc) is 2.89. The van der Waals surface area contributed by atoms with Crippen LogP contribution in [0.3, 0.4) is 0 Å². The summed E-state index contributed by atoms with van der Waals surface area (Å²) in [6.07, 6.45) is 2.96. The second kappa shape index (κ2) is 10.4. The summed E-state index contributed by atoms with van der Waals surface area (Å²) in [5.41, 5.74) is 0.651. The molecule has 1 aliphatic rings. The molecule has 0 amide bonds. The lowest BCUT2D eigenvalue weighted by Gasteiger charge is -2.53. The number of hydrogen-bond donors (Lipinski definition) is 0.